The molecule has 5 N–H and O–H groups in total. The van der Waals surface area contributed by atoms with Crippen LogP contribution in [0.5, 0.6) is 0 Å². The number of nitrogens with one attached hydrogen (secondary N) is 1. The minimum atomic E-state index is -1.58. The zero-order valence-electron chi connectivity index (χ0n) is 9.80. The second-order valence-electron chi connectivity index (χ2n) is 3.81. The molecule has 6 heteroatoms. The van der Waals surface area contributed by atoms with E-state index < -0.39 is 12.1 Å². The lowest BCUT2D eigenvalue weighted by molar-refractivity contribution is -0.146. The van der Waals surface area contributed by atoms with Crippen LogP contribution in [0.25, 0.3) is 0 Å². The van der Waals surface area contributed by atoms with Crippen LogP contribution >= 0.6 is 0 Å². The maximum Gasteiger partial charge on any atom is 0.334 e. The number of hydrogen-bond donors (Lipinski definition) is 4. The van der Waals surface area contributed by atoms with Gasteiger partial charge in [0.1, 0.15) is 0 Å². The lowest BCUT2D eigenvalue weighted by atomic mass is 10.0. The van der Waals surface area contributed by atoms with Crippen molar-refractivity contribution in [2.75, 3.05) is 6.54 Å². The van der Waals surface area contributed by atoms with Gasteiger partial charge in [0.05, 0.1) is 13.0 Å². The molecule has 6 nitrogen and oxygen atoms in total. The molecular weight excluding hydrogens is 236 g/mol. The lowest BCUT2D eigenvalue weighted by Crippen LogP contribution is -2.37. The molecule has 1 atom stereocenters. The van der Waals surface area contributed by atoms with Gasteiger partial charge in [0, 0.05) is 6.54 Å². The van der Waals surface area contributed by atoms with Gasteiger partial charge in [0.15, 0.2) is 6.10 Å². The lowest BCUT2D eigenvalue weighted by Gasteiger charge is -2.09. The van der Waals surface area contributed by atoms with Crippen LogP contribution in [0.4, 0.5) is 0 Å². The first-order valence-corrected chi connectivity index (χ1v) is 5.49. The van der Waals surface area contributed by atoms with Gasteiger partial charge in [0.2, 0.25) is 5.91 Å². The quantitative estimate of drug-likeness (QED) is 0.532. The summed E-state index contributed by atoms with van der Waals surface area (Å²) >= 11 is 0. The molecule has 0 saturated heterocycles. The summed E-state index contributed by atoms with van der Waals surface area (Å²) in [4.78, 5) is 21.9. The number of amides is 1. The Morgan fingerprint density at radius 2 is 1.89 bits per heavy atom. The van der Waals surface area contributed by atoms with Crippen molar-refractivity contribution in [3.8, 4) is 0 Å². The molecule has 0 aromatic heterocycles. The van der Waals surface area contributed by atoms with E-state index in [2.05, 4.69) is 5.32 Å². The zero-order valence-corrected chi connectivity index (χ0v) is 9.80. The van der Waals surface area contributed by atoms with E-state index in [1.807, 2.05) is 12.1 Å². The third-order valence-electron chi connectivity index (χ3n) is 2.47. The average molecular weight is 252 g/mol. The first kappa shape index (κ1) is 14.1. The third kappa shape index (κ3) is 4.15. The largest absolute Gasteiger partial charge is 0.479 e. The van der Waals surface area contributed by atoms with Crippen LogP contribution in [-0.4, -0.2) is 34.7 Å². The molecule has 0 heterocycles. The molecule has 1 aromatic rings. The molecule has 1 amide bonds. The molecule has 1 unspecified atom stereocenters. The predicted octanol–water partition coefficient (Wildman–Crippen LogP) is -0.751. The van der Waals surface area contributed by atoms with Crippen molar-refractivity contribution < 1.29 is 19.8 Å². The van der Waals surface area contributed by atoms with Crippen LogP contribution in [-0.2, 0) is 22.6 Å². The fourth-order valence-electron chi connectivity index (χ4n) is 1.46. The molecule has 0 aliphatic carbocycles. The summed E-state index contributed by atoms with van der Waals surface area (Å²) < 4.78 is 0. The summed E-state index contributed by atoms with van der Waals surface area (Å²) in [5.74, 6) is -1.71. The predicted molar refractivity (Wildman–Crippen MR) is 64.7 cm³/mol. The molecule has 0 spiro atoms. The van der Waals surface area contributed by atoms with E-state index in [-0.39, 0.29) is 18.9 Å². The third-order valence-corrected chi connectivity index (χ3v) is 2.47. The van der Waals surface area contributed by atoms with Gasteiger partial charge in [-0.15, -0.1) is 0 Å². The molecule has 0 radical (unpaired) electrons. The number of benzene rings is 1. The van der Waals surface area contributed by atoms with Crippen LogP contribution in [0.2, 0.25) is 0 Å². The Hall–Kier alpha value is -1.92. The van der Waals surface area contributed by atoms with Gasteiger partial charge in [-0.25, -0.2) is 4.79 Å². The standard InChI is InChI=1S/C12H16N2O4/c13-6-9-4-2-1-3-8(9)5-11(16)14-7-10(15)12(17)18/h1-4,10,15H,5-7,13H2,(H,14,16)(H,17,18). The Balaban J connectivity index is 2.52. The van der Waals surface area contributed by atoms with Crippen LogP contribution in [0.1, 0.15) is 11.1 Å². The van der Waals surface area contributed by atoms with Gasteiger partial charge in [0.25, 0.3) is 0 Å². The van der Waals surface area contributed by atoms with Crippen LogP contribution in [0.3, 0.4) is 0 Å². The van der Waals surface area contributed by atoms with E-state index in [0.717, 1.165) is 11.1 Å². The zero-order chi connectivity index (χ0) is 13.5. The molecule has 0 saturated carbocycles. The average Bonchev–Trinajstić information content (AvgIpc) is 2.36. The molecule has 1 rings (SSSR count). The van der Waals surface area contributed by atoms with Crippen molar-refractivity contribution in [1.29, 1.82) is 0 Å². The van der Waals surface area contributed by atoms with E-state index in [1.54, 1.807) is 12.1 Å². The summed E-state index contributed by atoms with van der Waals surface area (Å²) in [7, 11) is 0. The maximum atomic E-state index is 11.6. The second kappa shape index (κ2) is 6.73. The van der Waals surface area contributed by atoms with Crippen LogP contribution in [0.15, 0.2) is 24.3 Å². The fourth-order valence-corrected chi connectivity index (χ4v) is 1.46. The van der Waals surface area contributed by atoms with Crippen molar-refractivity contribution in [2.24, 2.45) is 5.73 Å². The van der Waals surface area contributed by atoms with Gasteiger partial charge >= 0.3 is 5.97 Å². The van der Waals surface area contributed by atoms with E-state index >= 15 is 0 Å². The number of carbonyl (C=O) groups excluding carboxylic acids is 1. The minimum absolute atomic E-state index is 0.111. The first-order valence-electron chi connectivity index (χ1n) is 5.49. The Morgan fingerprint density at radius 1 is 1.28 bits per heavy atom. The molecule has 98 valence electrons. The van der Waals surface area contributed by atoms with Crippen molar-refractivity contribution in [1.82, 2.24) is 5.32 Å². The number of rotatable bonds is 6. The van der Waals surface area contributed by atoms with Gasteiger partial charge < -0.3 is 21.3 Å². The number of hydrogen-bond acceptors (Lipinski definition) is 4. The molecule has 0 bridgehead atoms. The van der Waals surface area contributed by atoms with Gasteiger partial charge in [-0.2, -0.15) is 0 Å². The number of aliphatic hydroxyl groups excluding tert-OH is 1. The number of carbonyl (C=O) groups is 2. The normalized spacial score (nSPS) is 11.9. The van der Waals surface area contributed by atoms with Crippen LogP contribution < -0.4 is 11.1 Å². The van der Waals surface area contributed by atoms with Gasteiger partial charge in [-0.3, -0.25) is 4.79 Å². The Morgan fingerprint density at radius 3 is 2.44 bits per heavy atom. The highest BCUT2D eigenvalue weighted by atomic mass is 16.4. The first-order chi connectivity index (χ1) is 8.54. The topological polar surface area (TPSA) is 113 Å². The van der Waals surface area contributed by atoms with E-state index in [9.17, 15) is 9.59 Å². The summed E-state index contributed by atoms with van der Waals surface area (Å²) in [6.45, 7) is 0.0279. The molecule has 0 aliphatic rings. The molecular formula is C12H16N2O4. The van der Waals surface area contributed by atoms with Crippen LogP contribution in [0, 0.1) is 0 Å². The van der Waals surface area contributed by atoms with E-state index in [0.29, 0.717) is 6.54 Å². The number of aliphatic hydroxyl groups is 1. The summed E-state index contributed by atoms with van der Waals surface area (Å²) in [6, 6.07) is 7.25. The highest BCUT2D eigenvalue weighted by molar-refractivity contribution is 5.80. The number of carboxylic acids is 1. The Kier molecular flexibility index (Phi) is 5.29. The smallest absolute Gasteiger partial charge is 0.334 e. The minimum Gasteiger partial charge on any atom is -0.479 e. The van der Waals surface area contributed by atoms with E-state index in [4.69, 9.17) is 15.9 Å². The SMILES string of the molecule is NCc1ccccc1CC(=O)NCC(O)C(=O)O. The van der Waals surface area contributed by atoms with Crippen molar-refractivity contribution >= 4 is 11.9 Å². The molecule has 1 aromatic carbocycles. The fraction of sp³-hybridized carbons (Fsp3) is 0.333. The maximum absolute atomic E-state index is 11.6. The number of aliphatic carboxylic acids is 1. The summed E-state index contributed by atoms with van der Waals surface area (Å²) in [5.41, 5.74) is 7.20. The molecule has 18 heavy (non-hydrogen) atoms. The molecule has 0 fully saturated rings. The van der Waals surface area contributed by atoms with E-state index in [1.165, 1.54) is 0 Å². The van der Waals surface area contributed by atoms with Gasteiger partial charge in [-0.1, -0.05) is 24.3 Å². The monoisotopic (exact) mass is 252 g/mol. The van der Waals surface area contributed by atoms with Crippen molar-refractivity contribution in [3.05, 3.63) is 35.4 Å². The Bertz CT molecular complexity index is 434. The highest BCUT2D eigenvalue weighted by Crippen LogP contribution is 2.08. The van der Waals surface area contributed by atoms with Gasteiger partial charge in [-0.05, 0) is 11.1 Å². The second-order valence-corrected chi connectivity index (χ2v) is 3.81. The van der Waals surface area contributed by atoms with Crippen molar-refractivity contribution in [3.63, 3.8) is 0 Å². The summed E-state index contributed by atoms with van der Waals surface area (Å²) in [6.07, 6.45) is -1.47. The highest BCUT2D eigenvalue weighted by Gasteiger charge is 2.14. The van der Waals surface area contributed by atoms with Crippen molar-refractivity contribution in [2.45, 2.75) is 19.1 Å². The summed E-state index contributed by atoms with van der Waals surface area (Å²) in [5, 5.41) is 19.8. The number of nitrogens with two attached hydrogens (primary N) is 1. The molecule has 0 aliphatic heterocycles. The Labute approximate surface area is 104 Å². The number of carboxylic acid groups (broad SMARTS) is 1.